The molecule has 0 fully saturated rings. The Labute approximate surface area is 109 Å². The number of anilines is 1. The fraction of sp³-hybridized carbons (Fsp3) is 0.692. The van der Waals surface area contributed by atoms with Crippen LogP contribution < -0.4 is 11.1 Å². The molecule has 0 saturated carbocycles. The normalized spacial score (nSPS) is 11.6. The summed E-state index contributed by atoms with van der Waals surface area (Å²) in [7, 11) is 0. The molecule has 102 valence electrons. The van der Waals surface area contributed by atoms with E-state index >= 15 is 0 Å². The lowest BCUT2D eigenvalue weighted by molar-refractivity contribution is -0.123. The number of nitrogens with one attached hydrogen (secondary N) is 1. The summed E-state index contributed by atoms with van der Waals surface area (Å²) >= 11 is 0. The third-order valence-corrected chi connectivity index (χ3v) is 3.08. The van der Waals surface area contributed by atoms with Gasteiger partial charge in [-0.15, -0.1) is 0 Å². The number of aryl methyl sites for hydroxylation is 1. The molecule has 18 heavy (non-hydrogen) atoms. The van der Waals surface area contributed by atoms with Gasteiger partial charge in [-0.2, -0.15) is 5.10 Å². The van der Waals surface area contributed by atoms with E-state index in [1.807, 2.05) is 27.7 Å². The van der Waals surface area contributed by atoms with Crippen molar-refractivity contribution in [2.24, 2.45) is 0 Å². The van der Waals surface area contributed by atoms with E-state index in [2.05, 4.69) is 17.3 Å². The number of aromatic nitrogens is 2. The van der Waals surface area contributed by atoms with Crippen molar-refractivity contribution in [2.45, 2.75) is 59.5 Å². The van der Waals surface area contributed by atoms with Crippen LogP contribution in [0.3, 0.4) is 0 Å². The van der Waals surface area contributed by atoms with Gasteiger partial charge in [0, 0.05) is 5.54 Å². The number of amides is 1. The van der Waals surface area contributed by atoms with Crippen molar-refractivity contribution in [3.8, 4) is 0 Å². The number of hydrogen-bond acceptors (Lipinski definition) is 3. The van der Waals surface area contributed by atoms with Gasteiger partial charge in [0.1, 0.15) is 6.54 Å². The molecule has 0 spiro atoms. The molecule has 0 bridgehead atoms. The Balaban J connectivity index is 2.68. The highest BCUT2D eigenvalue weighted by atomic mass is 16.2. The van der Waals surface area contributed by atoms with E-state index in [0.717, 1.165) is 24.2 Å². The van der Waals surface area contributed by atoms with Crippen molar-refractivity contribution in [1.29, 1.82) is 0 Å². The summed E-state index contributed by atoms with van der Waals surface area (Å²) in [6.45, 7) is 10.1. The number of hydrogen-bond donors (Lipinski definition) is 2. The van der Waals surface area contributed by atoms with Crippen LogP contribution in [0.1, 0.15) is 45.0 Å². The molecule has 0 aliphatic rings. The van der Waals surface area contributed by atoms with Crippen LogP contribution in [0.5, 0.6) is 0 Å². The Kier molecular flexibility index (Phi) is 4.38. The summed E-state index contributed by atoms with van der Waals surface area (Å²) in [5, 5.41) is 7.28. The maximum Gasteiger partial charge on any atom is 0.242 e. The molecule has 5 nitrogen and oxygen atoms in total. The Morgan fingerprint density at radius 2 is 2.06 bits per heavy atom. The predicted octanol–water partition coefficient (Wildman–Crippen LogP) is 1.78. The second kappa shape index (κ2) is 5.42. The topological polar surface area (TPSA) is 72.9 Å². The fourth-order valence-electron chi connectivity index (χ4n) is 2.11. The van der Waals surface area contributed by atoms with Gasteiger partial charge in [-0.3, -0.25) is 9.48 Å². The van der Waals surface area contributed by atoms with Crippen molar-refractivity contribution < 1.29 is 4.79 Å². The molecule has 1 aromatic heterocycles. The van der Waals surface area contributed by atoms with Gasteiger partial charge in [0.05, 0.1) is 17.1 Å². The minimum absolute atomic E-state index is 0.0287. The Morgan fingerprint density at radius 3 is 2.50 bits per heavy atom. The molecule has 1 amide bonds. The van der Waals surface area contributed by atoms with Crippen LogP contribution in [-0.4, -0.2) is 21.2 Å². The van der Waals surface area contributed by atoms with Crippen LogP contribution in [0.4, 0.5) is 5.69 Å². The second-order valence-electron chi connectivity index (χ2n) is 5.42. The highest BCUT2D eigenvalue weighted by molar-refractivity contribution is 5.76. The van der Waals surface area contributed by atoms with Gasteiger partial charge in [-0.1, -0.05) is 13.3 Å². The molecule has 1 rings (SSSR count). The van der Waals surface area contributed by atoms with E-state index in [9.17, 15) is 4.79 Å². The Bertz CT molecular complexity index is 434. The first-order chi connectivity index (χ1) is 8.26. The van der Waals surface area contributed by atoms with Crippen LogP contribution in [0.25, 0.3) is 0 Å². The molecule has 0 unspecified atom stereocenters. The van der Waals surface area contributed by atoms with Crippen molar-refractivity contribution >= 4 is 11.6 Å². The van der Waals surface area contributed by atoms with Gasteiger partial charge in [0.2, 0.25) is 5.91 Å². The lowest BCUT2D eigenvalue weighted by atomic mass is 9.99. The predicted molar refractivity (Wildman–Crippen MR) is 73.2 cm³/mol. The van der Waals surface area contributed by atoms with Crippen LogP contribution in [0, 0.1) is 13.8 Å². The van der Waals surface area contributed by atoms with Crippen LogP contribution in [0.2, 0.25) is 0 Å². The lowest BCUT2D eigenvalue weighted by Gasteiger charge is -2.25. The zero-order valence-corrected chi connectivity index (χ0v) is 12.0. The van der Waals surface area contributed by atoms with Gasteiger partial charge < -0.3 is 11.1 Å². The second-order valence-corrected chi connectivity index (χ2v) is 5.42. The number of carbonyl (C=O) groups is 1. The average molecular weight is 252 g/mol. The van der Waals surface area contributed by atoms with Crippen molar-refractivity contribution in [3.05, 3.63) is 11.4 Å². The van der Waals surface area contributed by atoms with E-state index < -0.39 is 0 Å². The van der Waals surface area contributed by atoms with Gasteiger partial charge >= 0.3 is 0 Å². The van der Waals surface area contributed by atoms with Gasteiger partial charge in [-0.25, -0.2) is 0 Å². The number of rotatable bonds is 5. The standard InChI is InChI=1S/C13H24N4O/c1-6-7-13(4,5)15-11(18)8-17-10(3)12(14)9(2)16-17/h6-8,14H2,1-5H3,(H,15,18). The summed E-state index contributed by atoms with van der Waals surface area (Å²) in [5.74, 6) is -0.0287. The molecule has 0 aliphatic heterocycles. The van der Waals surface area contributed by atoms with E-state index in [4.69, 9.17) is 5.73 Å². The van der Waals surface area contributed by atoms with Crippen molar-refractivity contribution in [3.63, 3.8) is 0 Å². The van der Waals surface area contributed by atoms with Crippen LogP contribution in [0.15, 0.2) is 0 Å². The summed E-state index contributed by atoms with van der Waals surface area (Å²) in [5.41, 5.74) is 7.94. The quantitative estimate of drug-likeness (QED) is 0.839. The maximum atomic E-state index is 12.0. The van der Waals surface area contributed by atoms with E-state index in [1.165, 1.54) is 0 Å². The fourth-order valence-corrected chi connectivity index (χ4v) is 2.11. The molecule has 5 heteroatoms. The molecular weight excluding hydrogens is 228 g/mol. The zero-order chi connectivity index (χ0) is 13.9. The monoisotopic (exact) mass is 252 g/mol. The molecule has 0 aromatic carbocycles. The third-order valence-electron chi connectivity index (χ3n) is 3.08. The molecule has 0 aliphatic carbocycles. The SMILES string of the molecule is CCCC(C)(C)NC(=O)Cn1nc(C)c(N)c1C. The van der Waals surface area contributed by atoms with Crippen LogP contribution in [-0.2, 0) is 11.3 Å². The number of nitrogen functional groups attached to an aromatic ring is 1. The largest absolute Gasteiger partial charge is 0.396 e. The van der Waals surface area contributed by atoms with Gasteiger partial charge in [0.25, 0.3) is 0 Å². The van der Waals surface area contributed by atoms with Crippen molar-refractivity contribution in [1.82, 2.24) is 15.1 Å². The first kappa shape index (κ1) is 14.5. The summed E-state index contributed by atoms with van der Waals surface area (Å²) in [4.78, 5) is 12.0. The minimum Gasteiger partial charge on any atom is -0.396 e. The first-order valence-corrected chi connectivity index (χ1v) is 6.37. The first-order valence-electron chi connectivity index (χ1n) is 6.37. The van der Waals surface area contributed by atoms with Crippen molar-refractivity contribution in [2.75, 3.05) is 5.73 Å². The average Bonchev–Trinajstić information content (AvgIpc) is 2.45. The number of carbonyl (C=O) groups excluding carboxylic acids is 1. The third kappa shape index (κ3) is 3.48. The molecule has 0 radical (unpaired) electrons. The lowest BCUT2D eigenvalue weighted by Crippen LogP contribution is -2.44. The van der Waals surface area contributed by atoms with Crippen LogP contribution >= 0.6 is 0 Å². The molecule has 1 heterocycles. The zero-order valence-electron chi connectivity index (χ0n) is 12.0. The van der Waals surface area contributed by atoms with Gasteiger partial charge in [0.15, 0.2) is 0 Å². The number of nitrogens with zero attached hydrogens (tertiary/aromatic N) is 2. The smallest absolute Gasteiger partial charge is 0.242 e. The summed E-state index contributed by atoms with van der Waals surface area (Å²) in [6.07, 6.45) is 2.00. The highest BCUT2D eigenvalue weighted by Gasteiger charge is 2.20. The van der Waals surface area contributed by atoms with E-state index in [1.54, 1.807) is 4.68 Å². The number of nitrogens with two attached hydrogens (primary N) is 1. The summed E-state index contributed by atoms with van der Waals surface area (Å²) in [6, 6.07) is 0. The molecular formula is C13H24N4O. The summed E-state index contributed by atoms with van der Waals surface area (Å²) < 4.78 is 1.65. The highest BCUT2D eigenvalue weighted by Crippen LogP contribution is 2.15. The maximum absolute atomic E-state index is 12.0. The Morgan fingerprint density at radius 1 is 1.44 bits per heavy atom. The molecule has 0 saturated heterocycles. The molecule has 3 N–H and O–H groups in total. The van der Waals surface area contributed by atoms with E-state index in [0.29, 0.717) is 5.69 Å². The Hall–Kier alpha value is -1.52. The molecule has 0 atom stereocenters. The molecule has 1 aromatic rings. The van der Waals surface area contributed by atoms with E-state index in [-0.39, 0.29) is 18.0 Å². The van der Waals surface area contributed by atoms with Gasteiger partial charge in [-0.05, 0) is 34.1 Å². The minimum atomic E-state index is -0.173.